The van der Waals surface area contributed by atoms with Crippen LogP contribution in [0.2, 0.25) is 10.6 Å². The number of nitrogens with zero attached hydrogens (tertiary/aromatic N) is 4. The Bertz CT molecular complexity index is 338. The predicted molar refractivity (Wildman–Crippen MR) is 70.7 cm³/mol. The predicted octanol–water partition coefficient (Wildman–Crippen LogP) is 2.32. The average molecular weight is 278 g/mol. The van der Waals surface area contributed by atoms with Gasteiger partial charge in [-0.15, -0.1) is 0 Å². The van der Waals surface area contributed by atoms with Gasteiger partial charge in [-0.25, -0.2) is 0 Å². The van der Waals surface area contributed by atoms with Crippen LogP contribution in [0, 0.1) is 0 Å². The monoisotopic (exact) mass is 277 g/mol. The lowest BCUT2D eigenvalue weighted by molar-refractivity contribution is 0.273. The summed E-state index contributed by atoms with van der Waals surface area (Å²) in [6.07, 6.45) is 0.996. The number of nitrogens with one attached hydrogen (secondary N) is 1. The first-order valence-corrected chi connectivity index (χ1v) is 6.26. The maximum Gasteiger partial charge on any atom is 0.228 e. The van der Waals surface area contributed by atoms with Crippen molar-refractivity contribution in [1.29, 1.82) is 0 Å². The molecule has 1 rings (SSSR count). The highest BCUT2D eigenvalue weighted by molar-refractivity contribution is 6.31. The zero-order chi connectivity index (χ0) is 12.8. The summed E-state index contributed by atoms with van der Waals surface area (Å²) in [6, 6.07) is 0.552. The third-order valence-electron chi connectivity index (χ3n) is 2.43. The van der Waals surface area contributed by atoms with Crippen LogP contribution >= 0.6 is 23.2 Å². The highest BCUT2D eigenvalue weighted by Crippen LogP contribution is 2.09. The van der Waals surface area contributed by atoms with Crippen molar-refractivity contribution in [1.82, 2.24) is 19.9 Å². The van der Waals surface area contributed by atoms with Crippen molar-refractivity contribution < 1.29 is 0 Å². The van der Waals surface area contributed by atoms with Gasteiger partial charge >= 0.3 is 0 Å². The molecule has 0 saturated heterocycles. The number of hydrogen-bond acceptors (Lipinski definition) is 5. The molecule has 1 aromatic rings. The third kappa shape index (κ3) is 5.48. The van der Waals surface area contributed by atoms with E-state index < -0.39 is 0 Å². The zero-order valence-electron chi connectivity index (χ0n) is 10.2. The van der Waals surface area contributed by atoms with E-state index in [4.69, 9.17) is 23.2 Å². The molecular formula is C10H17Cl2N5. The minimum atomic E-state index is 0.104. The first kappa shape index (κ1) is 14.4. The van der Waals surface area contributed by atoms with Crippen molar-refractivity contribution in [2.24, 2.45) is 0 Å². The number of halogens is 2. The van der Waals surface area contributed by atoms with E-state index in [0.29, 0.717) is 12.0 Å². The van der Waals surface area contributed by atoms with E-state index in [1.165, 1.54) is 0 Å². The van der Waals surface area contributed by atoms with Crippen LogP contribution in [0.25, 0.3) is 0 Å². The van der Waals surface area contributed by atoms with E-state index in [2.05, 4.69) is 46.1 Å². The average Bonchev–Trinajstić information content (AvgIpc) is 2.22. The summed E-state index contributed by atoms with van der Waals surface area (Å²) >= 11 is 11.3. The van der Waals surface area contributed by atoms with Crippen molar-refractivity contribution >= 4 is 29.2 Å². The molecule has 0 aliphatic rings. The highest BCUT2D eigenvalue weighted by atomic mass is 35.5. The number of aromatic nitrogens is 3. The van der Waals surface area contributed by atoms with Gasteiger partial charge in [0.1, 0.15) is 0 Å². The van der Waals surface area contributed by atoms with Crippen molar-refractivity contribution in [2.45, 2.75) is 26.3 Å². The minimum Gasteiger partial charge on any atom is -0.354 e. The Hall–Kier alpha value is -0.650. The lowest BCUT2D eigenvalue weighted by Crippen LogP contribution is -2.28. The molecule has 1 aromatic heterocycles. The molecule has 0 aliphatic heterocycles. The Morgan fingerprint density at radius 2 is 1.76 bits per heavy atom. The molecule has 96 valence electrons. The zero-order valence-corrected chi connectivity index (χ0v) is 11.8. The van der Waals surface area contributed by atoms with Gasteiger partial charge in [-0.1, -0.05) is 0 Å². The van der Waals surface area contributed by atoms with E-state index in [9.17, 15) is 0 Å². The van der Waals surface area contributed by atoms with Crippen molar-refractivity contribution in [3.63, 3.8) is 0 Å². The molecule has 17 heavy (non-hydrogen) atoms. The number of anilines is 1. The summed E-state index contributed by atoms with van der Waals surface area (Å²) < 4.78 is 0. The number of rotatable bonds is 6. The molecule has 5 nitrogen and oxygen atoms in total. The molecule has 1 N–H and O–H groups in total. The molecule has 0 amide bonds. The fraction of sp³-hybridized carbons (Fsp3) is 0.700. The summed E-state index contributed by atoms with van der Waals surface area (Å²) in [5, 5.41) is 3.27. The molecule has 0 radical (unpaired) electrons. The van der Waals surface area contributed by atoms with E-state index in [1.54, 1.807) is 0 Å². The number of hydrogen-bond donors (Lipinski definition) is 1. The second-order valence-corrected chi connectivity index (χ2v) is 4.73. The topological polar surface area (TPSA) is 53.9 Å². The molecule has 0 aromatic carbocycles. The molecule has 0 unspecified atom stereocenters. The molecule has 0 saturated carbocycles. The van der Waals surface area contributed by atoms with Crippen LogP contribution in [0.3, 0.4) is 0 Å². The summed E-state index contributed by atoms with van der Waals surface area (Å²) in [5.74, 6) is 0.419. The van der Waals surface area contributed by atoms with Crippen molar-refractivity contribution in [3.8, 4) is 0 Å². The smallest absolute Gasteiger partial charge is 0.228 e. The van der Waals surface area contributed by atoms with Crippen molar-refractivity contribution in [3.05, 3.63) is 10.6 Å². The first-order chi connectivity index (χ1) is 7.99. The molecule has 0 aliphatic carbocycles. The lowest BCUT2D eigenvalue weighted by atomic mass is 10.3. The van der Waals surface area contributed by atoms with E-state index in [-0.39, 0.29) is 10.6 Å². The SMILES string of the molecule is CC(C)N(C)CCCNc1nc(Cl)nc(Cl)n1. The molecular weight excluding hydrogens is 261 g/mol. The normalized spacial score (nSPS) is 11.2. The Morgan fingerprint density at radius 3 is 2.29 bits per heavy atom. The summed E-state index contributed by atoms with van der Waals surface area (Å²) in [6.45, 7) is 6.11. The molecule has 0 bridgehead atoms. The quantitative estimate of drug-likeness (QED) is 0.809. The Labute approximate surface area is 112 Å². The van der Waals surface area contributed by atoms with Gasteiger partial charge in [-0.2, -0.15) is 15.0 Å². The summed E-state index contributed by atoms with van der Waals surface area (Å²) in [7, 11) is 2.10. The second-order valence-electron chi connectivity index (χ2n) is 4.05. The second kappa shape index (κ2) is 6.93. The van der Waals surface area contributed by atoms with E-state index >= 15 is 0 Å². The Kier molecular flexibility index (Phi) is 5.88. The minimum absolute atomic E-state index is 0.104. The van der Waals surface area contributed by atoms with Crippen LogP contribution in [0.1, 0.15) is 20.3 Å². The third-order valence-corrected chi connectivity index (χ3v) is 2.77. The van der Waals surface area contributed by atoms with Gasteiger partial charge in [0.25, 0.3) is 0 Å². The van der Waals surface area contributed by atoms with E-state index in [1.807, 2.05) is 0 Å². The summed E-state index contributed by atoms with van der Waals surface area (Å²) in [4.78, 5) is 13.8. The van der Waals surface area contributed by atoms with Gasteiger partial charge in [0.15, 0.2) is 0 Å². The van der Waals surface area contributed by atoms with Gasteiger partial charge < -0.3 is 10.2 Å². The van der Waals surface area contributed by atoms with Crippen LogP contribution in [-0.4, -0.2) is 46.0 Å². The highest BCUT2D eigenvalue weighted by Gasteiger charge is 2.04. The van der Waals surface area contributed by atoms with Gasteiger partial charge in [0, 0.05) is 12.6 Å². The van der Waals surface area contributed by atoms with Crippen LogP contribution in [0.4, 0.5) is 5.95 Å². The van der Waals surface area contributed by atoms with Gasteiger partial charge in [-0.05, 0) is 57.1 Å². The first-order valence-electron chi connectivity index (χ1n) is 5.50. The van der Waals surface area contributed by atoms with Crippen LogP contribution in [0.5, 0.6) is 0 Å². The molecule has 0 fully saturated rings. The van der Waals surface area contributed by atoms with Gasteiger partial charge in [0.2, 0.25) is 16.5 Å². The maximum absolute atomic E-state index is 5.66. The fourth-order valence-electron chi connectivity index (χ4n) is 1.19. The van der Waals surface area contributed by atoms with Crippen LogP contribution < -0.4 is 5.32 Å². The molecule has 0 spiro atoms. The fourth-order valence-corrected chi connectivity index (χ4v) is 1.56. The molecule has 0 atom stereocenters. The lowest BCUT2D eigenvalue weighted by Gasteiger charge is -2.20. The van der Waals surface area contributed by atoms with Crippen LogP contribution in [-0.2, 0) is 0 Å². The van der Waals surface area contributed by atoms with Gasteiger partial charge in [-0.3, -0.25) is 0 Å². The largest absolute Gasteiger partial charge is 0.354 e. The van der Waals surface area contributed by atoms with Gasteiger partial charge in [0.05, 0.1) is 0 Å². The van der Waals surface area contributed by atoms with E-state index in [0.717, 1.165) is 19.5 Å². The van der Waals surface area contributed by atoms with Crippen molar-refractivity contribution in [2.75, 3.05) is 25.5 Å². The maximum atomic E-state index is 5.66. The van der Waals surface area contributed by atoms with Crippen LogP contribution in [0.15, 0.2) is 0 Å². The molecule has 1 heterocycles. The molecule has 7 heteroatoms. The summed E-state index contributed by atoms with van der Waals surface area (Å²) in [5.41, 5.74) is 0. The Balaban J connectivity index is 2.31. The Morgan fingerprint density at radius 1 is 1.18 bits per heavy atom. The standard InChI is InChI=1S/C10H17Cl2N5/c1-7(2)17(3)6-4-5-13-10-15-8(11)14-9(12)16-10/h7H,4-6H2,1-3H3,(H,13,14,15,16).